The SMILES string of the molecule is Cc1cc(OCC(=O)OC(C)(C)C)cc(C)c1C(c1ccc(C(c2c(C)cc(OCC(=O)OC(C)(C)C)cc2C)c2c(C)cc(OCC(=O)OC(C)(C)C)cc2C)cc1)c1c(C)cc(OCC(=O)OC(C)(C)C)cc1C. The first kappa shape index (κ1) is 60.0. The van der Waals surface area contributed by atoms with Crippen LogP contribution in [0.3, 0.4) is 0 Å². The summed E-state index contributed by atoms with van der Waals surface area (Å²) in [5.74, 6) is -0.148. The fraction of sp³-hybridized carbons (Fsp3) is 0.469. The number of esters is 4. The van der Waals surface area contributed by atoms with Gasteiger partial charge in [-0.1, -0.05) is 24.3 Å². The highest BCUT2D eigenvalue weighted by Gasteiger charge is 2.30. The molecule has 0 aliphatic carbocycles. The van der Waals surface area contributed by atoms with Crippen LogP contribution in [0.15, 0.2) is 72.8 Å². The molecule has 5 aromatic carbocycles. The molecule has 0 bridgehead atoms. The number of carbonyl (C=O) groups excluding carboxylic acids is 4. The van der Waals surface area contributed by atoms with Gasteiger partial charge in [-0.2, -0.15) is 0 Å². The normalized spacial score (nSPS) is 12.1. The number of aryl methyl sites for hydroxylation is 8. The topological polar surface area (TPSA) is 142 Å². The average Bonchev–Trinajstić information content (AvgIpc) is 3.24. The van der Waals surface area contributed by atoms with Crippen molar-refractivity contribution in [1.82, 2.24) is 0 Å². The van der Waals surface area contributed by atoms with Crippen molar-refractivity contribution >= 4 is 23.9 Å². The summed E-state index contributed by atoms with van der Waals surface area (Å²) in [6.07, 6.45) is 0. The lowest BCUT2D eigenvalue weighted by Gasteiger charge is -2.29. The van der Waals surface area contributed by atoms with Crippen LogP contribution in [0.1, 0.15) is 173 Å². The van der Waals surface area contributed by atoms with Gasteiger partial charge in [0.25, 0.3) is 0 Å². The summed E-state index contributed by atoms with van der Waals surface area (Å²) >= 11 is 0. The highest BCUT2D eigenvalue weighted by molar-refractivity contribution is 5.73. The number of benzene rings is 5. The fourth-order valence-corrected chi connectivity index (χ4v) is 9.78. The molecule has 12 heteroatoms. The molecular weight excluding hydrogens is 961 g/mol. The Balaban J connectivity index is 1.66. The number of rotatable bonds is 18. The minimum Gasteiger partial charge on any atom is -0.482 e. The van der Waals surface area contributed by atoms with Gasteiger partial charge in [0.1, 0.15) is 45.4 Å². The van der Waals surface area contributed by atoms with Crippen molar-refractivity contribution in [3.63, 3.8) is 0 Å². The van der Waals surface area contributed by atoms with Gasteiger partial charge >= 0.3 is 23.9 Å². The Kier molecular flexibility index (Phi) is 19.0. The number of ether oxygens (including phenoxy) is 8. The molecule has 5 rings (SSSR count). The highest BCUT2D eigenvalue weighted by atomic mass is 16.6. The quantitative estimate of drug-likeness (QED) is 0.0468. The molecule has 0 atom stereocenters. The summed E-state index contributed by atoms with van der Waals surface area (Å²) < 4.78 is 46.2. The molecule has 0 radical (unpaired) electrons. The Morgan fingerprint density at radius 3 is 0.618 bits per heavy atom. The van der Waals surface area contributed by atoms with E-state index in [4.69, 9.17) is 37.9 Å². The fourth-order valence-electron chi connectivity index (χ4n) is 9.78. The smallest absolute Gasteiger partial charge is 0.344 e. The van der Waals surface area contributed by atoms with Crippen molar-refractivity contribution in [1.29, 1.82) is 0 Å². The molecule has 0 N–H and O–H groups in total. The number of hydrogen-bond donors (Lipinski definition) is 0. The van der Waals surface area contributed by atoms with E-state index in [-0.39, 0.29) is 38.3 Å². The van der Waals surface area contributed by atoms with Crippen molar-refractivity contribution in [2.45, 2.75) is 173 Å². The lowest BCUT2D eigenvalue weighted by molar-refractivity contribution is -0.158. The van der Waals surface area contributed by atoms with E-state index in [9.17, 15) is 19.2 Å². The third-order valence-electron chi connectivity index (χ3n) is 12.1. The predicted molar refractivity (Wildman–Crippen MR) is 297 cm³/mol. The lowest BCUT2D eigenvalue weighted by Crippen LogP contribution is -2.27. The summed E-state index contributed by atoms with van der Waals surface area (Å²) in [6.45, 7) is 37.4. The second-order valence-electron chi connectivity index (χ2n) is 23.9. The molecule has 0 aliphatic heterocycles. The Labute approximate surface area is 452 Å². The molecule has 0 heterocycles. The van der Waals surface area contributed by atoms with Crippen LogP contribution in [0.5, 0.6) is 23.0 Å². The molecule has 0 saturated heterocycles. The summed E-state index contributed by atoms with van der Waals surface area (Å²) in [7, 11) is 0. The molecule has 0 amide bonds. The lowest BCUT2D eigenvalue weighted by atomic mass is 9.75. The van der Waals surface area contributed by atoms with Crippen LogP contribution < -0.4 is 18.9 Å². The molecule has 5 aromatic rings. The Bertz CT molecular complexity index is 2450. The maximum Gasteiger partial charge on any atom is 0.344 e. The van der Waals surface area contributed by atoms with Crippen LogP contribution in [0, 0.1) is 55.4 Å². The molecular formula is C64H82O12. The first-order valence-corrected chi connectivity index (χ1v) is 26.0. The van der Waals surface area contributed by atoms with E-state index >= 15 is 0 Å². The van der Waals surface area contributed by atoms with Gasteiger partial charge in [0, 0.05) is 11.8 Å². The molecule has 0 unspecified atom stereocenters. The monoisotopic (exact) mass is 1040 g/mol. The maximum atomic E-state index is 12.7. The van der Waals surface area contributed by atoms with Crippen molar-refractivity contribution in [2.24, 2.45) is 0 Å². The van der Waals surface area contributed by atoms with E-state index in [1.54, 1.807) is 0 Å². The third-order valence-corrected chi connectivity index (χ3v) is 12.1. The zero-order chi connectivity index (χ0) is 56.8. The zero-order valence-corrected chi connectivity index (χ0v) is 48.8. The van der Waals surface area contributed by atoms with Crippen molar-refractivity contribution in [3.05, 3.63) is 151 Å². The van der Waals surface area contributed by atoms with Crippen molar-refractivity contribution in [2.75, 3.05) is 26.4 Å². The van der Waals surface area contributed by atoms with E-state index in [0.717, 1.165) is 77.9 Å². The Hall–Kier alpha value is -6.82. The van der Waals surface area contributed by atoms with Crippen molar-refractivity contribution < 1.29 is 57.1 Å². The van der Waals surface area contributed by atoms with Crippen molar-refractivity contribution in [3.8, 4) is 23.0 Å². The van der Waals surface area contributed by atoms with Crippen LogP contribution >= 0.6 is 0 Å². The molecule has 0 fully saturated rings. The molecule has 0 aliphatic rings. The average molecular weight is 1040 g/mol. The van der Waals surface area contributed by atoms with Crippen LogP contribution in [-0.2, 0) is 38.1 Å². The molecule has 76 heavy (non-hydrogen) atoms. The number of carbonyl (C=O) groups is 4. The maximum absolute atomic E-state index is 12.7. The van der Waals surface area contributed by atoms with E-state index in [1.807, 2.05) is 132 Å². The van der Waals surface area contributed by atoms with Crippen LogP contribution in [0.2, 0.25) is 0 Å². The molecule has 12 nitrogen and oxygen atoms in total. The molecule has 0 aromatic heterocycles. The van der Waals surface area contributed by atoms with Crippen LogP contribution in [0.4, 0.5) is 0 Å². The predicted octanol–water partition coefficient (Wildman–Crippen LogP) is 13.4. The van der Waals surface area contributed by atoms with Crippen LogP contribution in [-0.4, -0.2) is 72.7 Å². The van der Waals surface area contributed by atoms with Gasteiger partial charge < -0.3 is 37.9 Å². The largest absolute Gasteiger partial charge is 0.482 e. The van der Waals surface area contributed by atoms with Gasteiger partial charge in [-0.25, -0.2) is 19.2 Å². The Morgan fingerprint density at radius 1 is 0.316 bits per heavy atom. The first-order valence-electron chi connectivity index (χ1n) is 26.0. The van der Waals surface area contributed by atoms with Crippen LogP contribution in [0.25, 0.3) is 0 Å². The molecule has 0 saturated carbocycles. The minimum atomic E-state index is -0.644. The van der Waals surface area contributed by atoms with E-state index in [2.05, 4.69) is 79.7 Å². The minimum absolute atomic E-state index is 0.230. The van der Waals surface area contributed by atoms with E-state index in [1.165, 1.54) is 0 Å². The van der Waals surface area contributed by atoms with Gasteiger partial charge in [-0.15, -0.1) is 0 Å². The number of hydrogen-bond acceptors (Lipinski definition) is 12. The first-order chi connectivity index (χ1) is 35.1. The van der Waals surface area contributed by atoms with Gasteiger partial charge in [0.2, 0.25) is 0 Å². The zero-order valence-electron chi connectivity index (χ0n) is 48.8. The summed E-state index contributed by atoms with van der Waals surface area (Å²) in [4.78, 5) is 50.8. The summed E-state index contributed by atoms with van der Waals surface area (Å²) in [5, 5.41) is 0. The molecule has 410 valence electrons. The van der Waals surface area contributed by atoms with Gasteiger partial charge in [-0.05, 0) is 265 Å². The Morgan fingerprint density at radius 2 is 0.474 bits per heavy atom. The second kappa shape index (κ2) is 24.0. The highest BCUT2D eigenvalue weighted by Crippen LogP contribution is 2.45. The van der Waals surface area contributed by atoms with Gasteiger partial charge in [0.05, 0.1) is 0 Å². The van der Waals surface area contributed by atoms with Gasteiger partial charge in [0.15, 0.2) is 26.4 Å². The standard InChI is InChI=1S/C64H82O12/c1-37-25-47(69-33-51(65)73-61(9,10)11)26-38(2)55(37)59(56-39(3)27-48(28-40(56)4)70-34-52(66)74-62(12,13)14)45-21-23-46(24-22-45)60(57-41(5)29-49(30-42(57)6)71-35-53(67)75-63(15,16)17)58-43(7)31-50(32-44(58)8)72-36-54(68)76-64(18,19)20/h21-32,59-60H,33-36H2,1-20H3. The molecule has 0 spiro atoms. The van der Waals surface area contributed by atoms with E-state index < -0.39 is 46.3 Å². The second-order valence-corrected chi connectivity index (χ2v) is 23.9. The third kappa shape index (κ3) is 17.1. The summed E-state index contributed by atoms with van der Waals surface area (Å²) in [6, 6.07) is 24.5. The van der Waals surface area contributed by atoms with Gasteiger partial charge in [-0.3, -0.25) is 0 Å². The van der Waals surface area contributed by atoms with E-state index in [0.29, 0.717) is 23.0 Å². The summed E-state index contributed by atoms with van der Waals surface area (Å²) in [5.41, 5.74) is 11.5.